The zero-order valence-electron chi connectivity index (χ0n) is 10.8. The van der Waals surface area contributed by atoms with Crippen LogP contribution in [0.3, 0.4) is 0 Å². The van der Waals surface area contributed by atoms with Crippen molar-refractivity contribution in [3.8, 4) is 11.8 Å². The quantitative estimate of drug-likeness (QED) is 0.644. The SMILES string of the molecule is N#Cc1cn(-c2ccc(Br)cc2F)c(=O)n(SC(Cl)(Cl)Cl)c1=O. The van der Waals surface area contributed by atoms with Gasteiger partial charge in [-0.15, -0.1) is 0 Å². The fourth-order valence-corrected chi connectivity index (χ4v) is 3.15. The highest BCUT2D eigenvalue weighted by Crippen LogP contribution is 2.38. The Labute approximate surface area is 156 Å². The molecule has 1 heterocycles. The van der Waals surface area contributed by atoms with Crippen molar-refractivity contribution in [1.29, 1.82) is 5.26 Å². The van der Waals surface area contributed by atoms with E-state index in [0.29, 0.717) is 8.45 Å². The summed E-state index contributed by atoms with van der Waals surface area (Å²) in [6.07, 6.45) is 0.937. The molecule has 11 heteroatoms. The number of nitriles is 1. The first-order valence-corrected chi connectivity index (χ1v) is 8.34. The van der Waals surface area contributed by atoms with Gasteiger partial charge < -0.3 is 0 Å². The number of benzene rings is 1. The van der Waals surface area contributed by atoms with Crippen LogP contribution in [0.5, 0.6) is 0 Å². The number of hydrogen-bond acceptors (Lipinski definition) is 4. The normalized spacial score (nSPS) is 11.3. The minimum atomic E-state index is -2.02. The molecular weight excluding hydrogens is 455 g/mol. The molecule has 0 N–H and O–H groups in total. The van der Waals surface area contributed by atoms with Gasteiger partial charge in [-0.2, -0.15) is 9.23 Å². The van der Waals surface area contributed by atoms with Crippen LogP contribution in [0.25, 0.3) is 5.69 Å². The number of hydrogen-bond donors (Lipinski definition) is 0. The Morgan fingerprint density at radius 3 is 2.48 bits per heavy atom. The zero-order chi connectivity index (χ0) is 17.4. The van der Waals surface area contributed by atoms with E-state index in [0.717, 1.165) is 16.8 Å². The molecule has 0 unspecified atom stereocenters. The van der Waals surface area contributed by atoms with E-state index in [1.807, 2.05) is 0 Å². The molecule has 2 rings (SSSR count). The van der Waals surface area contributed by atoms with Gasteiger partial charge in [-0.25, -0.2) is 9.18 Å². The van der Waals surface area contributed by atoms with E-state index in [4.69, 9.17) is 40.1 Å². The zero-order valence-corrected chi connectivity index (χ0v) is 15.4. The monoisotopic (exact) mass is 457 g/mol. The Morgan fingerprint density at radius 1 is 1.30 bits per heavy atom. The molecule has 1 aromatic carbocycles. The molecule has 0 aliphatic rings. The molecule has 0 spiro atoms. The summed E-state index contributed by atoms with van der Waals surface area (Å²) in [5, 5.41) is 9.03. The minimum Gasteiger partial charge on any atom is -0.267 e. The maximum atomic E-state index is 14.1. The van der Waals surface area contributed by atoms with Crippen molar-refractivity contribution in [2.24, 2.45) is 0 Å². The first kappa shape index (κ1) is 18.4. The molecular formula is C12H4BrCl3FN3O2S. The van der Waals surface area contributed by atoms with Crippen molar-refractivity contribution in [1.82, 2.24) is 8.54 Å². The van der Waals surface area contributed by atoms with Gasteiger partial charge in [0.2, 0.25) is 0 Å². The summed E-state index contributed by atoms with van der Waals surface area (Å²) in [6.45, 7) is 0. The van der Waals surface area contributed by atoms with Gasteiger partial charge in [-0.05, 0) is 18.2 Å². The maximum Gasteiger partial charge on any atom is 0.346 e. The molecule has 120 valence electrons. The van der Waals surface area contributed by atoms with Crippen molar-refractivity contribution < 1.29 is 4.39 Å². The van der Waals surface area contributed by atoms with Gasteiger partial charge in [0.05, 0.1) is 5.69 Å². The van der Waals surface area contributed by atoms with Crippen LogP contribution >= 0.6 is 62.7 Å². The summed E-state index contributed by atoms with van der Waals surface area (Å²) < 4.78 is 13.8. The second-order valence-electron chi connectivity index (χ2n) is 4.04. The van der Waals surface area contributed by atoms with Gasteiger partial charge in [0.25, 0.3) is 8.68 Å². The van der Waals surface area contributed by atoms with E-state index in [-0.39, 0.29) is 17.6 Å². The molecule has 0 saturated carbocycles. The van der Waals surface area contributed by atoms with Gasteiger partial charge in [0, 0.05) is 22.6 Å². The number of halogens is 5. The lowest BCUT2D eigenvalue weighted by molar-refractivity contribution is 0.612. The molecule has 0 atom stereocenters. The van der Waals surface area contributed by atoms with Crippen molar-refractivity contribution in [2.75, 3.05) is 0 Å². The molecule has 0 bridgehead atoms. The lowest BCUT2D eigenvalue weighted by Gasteiger charge is -2.14. The van der Waals surface area contributed by atoms with Crippen LogP contribution in [-0.2, 0) is 0 Å². The summed E-state index contributed by atoms with van der Waals surface area (Å²) in [5.74, 6) is -0.741. The van der Waals surface area contributed by atoms with Crippen molar-refractivity contribution in [2.45, 2.75) is 3.12 Å². The molecule has 0 fully saturated rings. The minimum absolute atomic E-state index is 0.159. The van der Waals surface area contributed by atoms with Gasteiger partial charge in [-0.3, -0.25) is 9.36 Å². The summed E-state index contributed by atoms with van der Waals surface area (Å²) >= 11 is 20.1. The lowest BCUT2D eigenvalue weighted by Crippen LogP contribution is -2.38. The standard InChI is InChI=1S/C12H4BrCl3FN3O2S/c13-7-1-2-9(8(17)3-7)19-5-6(4-18)10(21)20(11(19)22)23-12(14,15)16/h1-3,5H. The van der Waals surface area contributed by atoms with Gasteiger partial charge in [0.1, 0.15) is 17.4 Å². The van der Waals surface area contributed by atoms with E-state index < -0.39 is 25.8 Å². The summed E-state index contributed by atoms with van der Waals surface area (Å²) in [7, 11) is 0. The summed E-state index contributed by atoms with van der Waals surface area (Å²) in [6, 6.07) is 5.55. The third-order valence-corrected chi connectivity index (χ3v) is 4.36. The van der Waals surface area contributed by atoms with Crippen molar-refractivity contribution >= 4 is 62.7 Å². The summed E-state index contributed by atoms with van der Waals surface area (Å²) in [5.41, 5.74) is -2.49. The fraction of sp³-hybridized carbons (Fsp3) is 0.0833. The molecule has 0 saturated heterocycles. The number of rotatable bonds is 2. The van der Waals surface area contributed by atoms with Crippen LogP contribution < -0.4 is 11.2 Å². The topological polar surface area (TPSA) is 67.8 Å². The van der Waals surface area contributed by atoms with Gasteiger partial charge in [-0.1, -0.05) is 50.7 Å². The molecule has 0 radical (unpaired) electrons. The van der Waals surface area contributed by atoms with Crippen LogP contribution in [-0.4, -0.2) is 11.7 Å². The molecule has 1 aromatic heterocycles. The van der Waals surface area contributed by atoms with Crippen LogP contribution in [0.1, 0.15) is 5.56 Å². The average Bonchev–Trinajstić information content (AvgIpc) is 2.44. The van der Waals surface area contributed by atoms with E-state index >= 15 is 0 Å². The van der Waals surface area contributed by atoms with E-state index in [1.165, 1.54) is 12.1 Å². The fourth-order valence-electron chi connectivity index (χ4n) is 1.64. The third kappa shape index (κ3) is 4.11. The third-order valence-electron chi connectivity index (χ3n) is 2.54. The van der Waals surface area contributed by atoms with Crippen LogP contribution in [0.15, 0.2) is 38.5 Å². The van der Waals surface area contributed by atoms with Gasteiger partial charge >= 0.3 is 5.69 Å². The number of aromatic nitrogens is 2. The van der Waals surface area contributed by atoms with E-state index in [9.17, 15) is 14.0 Å². The molecule has 0 amide bonds. The maximum absolute atomic E-state index is 14.1. The Hall–Kier alpha value is -0.980. The molecule has 5 nitrogen and oxygen atoms in total. The van der Waals surface area contributed by atoms with Crippen molar-refractivity contribution in [3.05, 3.63) is 61.1 Å². The molecule has 0 aliphatic carbocycles. The Bertz CT molecular complexity index is 933. The molecule has 0 aliphatic heterocycles. The Morgan fingerprint density at radius 2 is 1.96 bits per heavy atom. The molecule has 23 heavy (non-hydrogen) atoms. The molecule has 2 aromatic rings. The van der Waals surface area contributed by atoms with Crippen LogP contribution in [0.4, 0.5) is 4.39 Å². The Balaban J connectivity index is 2.80. The highest BCUT2D eigenvalue weighted by Gasteiger charge is 2.26. The number of alkyl halides is 3. The highest BCUT2D eigenvalue weighted by atomic mass is 79.9. The largest absolute Gasteiger partial charge is 0.346 e. The first-order valence-electron chi connectivity index (χ1n) is 5.64. The first-order chi connectivity index (χ1) is 10.6. The smallest absolute Gasteiger partial charge is 0.267 e. The predicted octanol–water partition coefficient (Wildman–Crippen LogP) is 3.60. The summed E-state index contributed by atoms with van der Waals surface area (Å²) in [4.78, 5) is 24.5. The second-order valence-corrected chi connectivity index (χ2v) is 9.07. The Kier molecular flexibility index (Phi) is 5.48. The highest BCUT2D eigenvalue weighted by molar-refractivity contribution is 9.10. The van der Waals surface area contributed by atoms with Crippen LogP contribution in [0.2, 0.25) is 0 Å². The average molecular weight is 460 g/mol. The van der Waals surface area contributed by atoms with E-state index in [1.54, 1.807) is 6.07 Å². The van der Waals surface area contributed by atoms with E-state index in [2.05, 4.69) is 15.9 Å². The predicted molar refractivity (Wildman–Crippen MR) is 92.0 cm³/mol. The van der Waals surface area contributed by atoms with Crippen molar-refractivity contribution in [3.63, 3.8) is 0 Å². The lowest BCUT2D eigenvalue weighted by atomic mass is 10.3. The number of nitrogens with zero attached hydrogens (tertiary/aromatic N) is 3. The van der Waals surface area contributed by atoms with Crippen LogP contribution in [0, 0.1) is 17.1 Å². The van der Waals surface area contributed by atoms with Gasteiger partial charge in [0.15, 0.2) is 0 Å². The second kappa shape index (κ2) is 6.87.